The molecule has 0 aliphatic carbocycles. The summed E-state index contributed by atoms with van der Waals surface area (Å²) in [5.74, 6) is 1.53. The lowest BCUT2D eigenvalue weighted by atomic mass is 10.2. The van der Waals surface area contributed by atoms with E-state index in [4.69, 9.17) is 0 Å². The Morgan fingerprint density at radius 1 is 1.30 bits per heavy atom. The number of carbonyl (C=O) groups excluding carboxylic acids is 1. The first kappa shape index (κ1) is 14.0. The Labute approximate surface area is 118 Å². The van der Waals surface area contributed by atoms with Crippen molar-refractivity contribution < 1.29 is 4.79 Å². The second-order valence-corrected chi connectivity index (χ2v) is 4.40. The monoisotopic (exact) mass is 273 g/mol. The largest absolute Gasteiger partial charge is 0.370 e. The van der Waals surface area contributed by atoms with E-state index in [9.17, 15) is 4.79 Å². The number of imidazole rings is 1. The van der Waals surface area contributed by atoms with Crippen LogP contribution >= 0.6 is 0 Å². The van der Waals surface area contributed by atoms with Gasteiger partial charge in [0, 0.05) is 38.1 Å². The number of carbonyl (C=O) groups is 1. The third-order valence-electron chi connectivity index (χ3n) is 2.78. The topological polar surface area (TPSA) is 82.7 Å². The van der Waals surface area contributed by atoms with Crippen LogP contribution in [-0.2, 0) is 6.42 Å². The van der Waals surface area contributed by atoms with Crippen molar-refractivity contribution in [3.05, 3.63) is 42.1 Å². The maximum absolute atomic E-state index is 11.9. The first-order valence-corrected chi connectivity index (χ1v) is 6.76. The molecule has 1 amide bonds. The van der Waals surface area contributed by atoms with Gasteiger partial charge < -0.3 is 15.6 Å². The molecule has 0 aliphatic heterocycles. The Balaban J connectivity index is 1.79. The van der Waals surface area contributed by atoms with Crippen LogP contribution in [0.5, 0.6) is 0 Å². The van der Waals surface area contributed by atoms with Crippen molar-refractivity contribution >= 4 is 11.7 Å². The Hall–Kier alpha value is -2.37. The molecule has 0 bridgehead atoms. The van der Waals surface area contributed by atoms with Crippen molar-refractivity contribution in [3.8, 4) is 0 Å². The number of pyridine rings is 1. The number of amides is 1. The smallest absolute Gasteiger partial charge is 0.252 e. The molecule has 0 saturated carbocycles. The van der Waals surface area contributed by atoms with E-state index in [-0.39, 0.29) is 5.91 Å². The molecule has 0 saturated heterocycles. The van der Waals surface area contributed by atoms with Gasteiger partial charge in [0.15, 0.2) is 0 Å². The van der Waals surface area contributed by atoms with Crippen LogP contribution < -0.4 is 10.6 Å². The van der Waals surface area contributed by atoms with Crippen molar-refractivity contribution in [1.29, 1.82) is 0 Å². The molecule has 0 aromatic carbocycles. The number of nitrogens with zero attached hydrogens (tertiary/aromatic N) is 2. The van der Waals surface area contributed by atoms with Gasteiger partial charge in [0.1, 0.15) is 11.6 Å². The minimum absolute atomic E-state index is 0.119. The number of aromatic nitrogens is 3. The van der Waals surface area contributed by atoms with E-state index in [1.54, 1.807) is 24.7 Å². The van der Waals surface area contributed by atoms with Crippen LogP contribution in [-0.4, -0.2) is 33.9 Å². The van der Waals surface area contributed by atoms with Gasteiger partial charge in [0.2, 0.25) is 0 Å². The van der Waals surface area contributed by atoms with E-state index >= 15 is 0 Å². The van der Waals surface area contributed by atoms with Gasteiger partial charge in [0.05, 0.1) is 5.56 Å². The van der Waals surface area contributed by atoms with Crippen LogP contribution in [0.2, 0.25) is 0 Å². The minimum Gasteiger partial charge on any atom is -0.370 e. The van der Waals surface area contributed by atoms with E-state index < -0.39 is 0 Å². The van der Waals surface area contributed by atoms with Crippen molar-refractivity contribution in [2.24, 2.45) is 0 Å². The molecular weight excluding hydrogens is 254 g/mol. The van der Waals surface area contributed by atoms with Gasteiger partial charge in [-0.25, -0.2) is 9.97 Å². The molecule has 2 aromatic heterocycles. The normalized spacial score (nSPS) is 10.2. The van der Waals surface area contributed by atoms with Gasteiger partial charge in [0.25, 0.3) is 5.91 Å². The zero-order chi connectivity index (χ0) is 14.2. The number of nitrogens with one attached hydrogen (secondary N) is 3. The Morgan fingerprint density at radius 2 is 2.20 bits per heavy atom. The molecule has 0 aliphatic rings. The van der Waals surface area contributed by atoms with Crippen LogP contribution in [0, 0.1) is 0 Å². The van der Waals surface area contributed by atoms with E-state index in [2.05, 4.69) is 32.5 Å². The average molecular weight is 273 g/mol. The molecule has 20 heavy (non-hydrogen) atoms. The zero-order valence-corrected chi connectivity index (χ0v) is 11.5. The van der Waals surface area contributed by atoms with Crippen LogP contribution in [0.1, 0.15) is 29.5 Å². The molecule has 3 N–H and O–H groups in total. The predicted molar refractivity (Wildman–Crippen MR) is 77.6 cm³/mol. The third-order valence-corrected chi connectivity index (χ3v) is 2.78. The highest BCUT2D eigenvalue weighted by atomic mass is 16.1. The average Bonchev–Trinajstić information content (AvgIpc) is 2.99. The molecule has 0 fully saturated rings. The van der Waals surface area contributed by atoms with Gasteiger partial charge in [-0.1, -0.05) is 6.92 Å². The number of aromatic amines is 1. The standard InChI is InChI=1S/C14H19N5O/c1-2-6-15-12-4-3-11(10-19-12)14(20)18-7-5-13-16-8-9-17-13/h3-4,8-10H,2,5-7H2,1H3,(H,15,19)(H,16,17)(H,18,20). The molecule has 0 spiro atoms. The Bertz CT molecular complexity index is 521. The van der Waals surface area contributed by atoms with E-state index in [0.29, 0.717) is 18.5 Å². The molecule has 6 nitrogen and oxygen atoms in total. The third kappa shape index (κ3) is 4.08. The van der Waals surface area contributed by atoms with Crippen molar-refractivity contribution in [2.45, 2.75) is 19.8 Å². The van der Waals surface area contributed by atoms with Crippen LogP contribution in [0.25, 0.3) is 0 Å². The number of hydrogen-bond donors (Lipinski definition) is 3. The number of rotatable bonds is 7. The second kappa shape index (κ2) is 7.28. The first-order valence-electron chi connectivity index (χ1n) is 6.76. The highest BCUT2D eigenvalue weighted by Gasteiger charge is 2.05. The maximum Gasteiger partial charge on any atom is 0.252 e. The highest BCUT2D eigenvalue weighted by molar-refractivity contribution is 5.94. The van der Waals surface area contributed by atoms with Gasteiger partial charge in [-0.2, -0.15) is 0 Å². The molecule has 0 unspecified atom stereocenters. The number of H-pyrrole nitrogens is 1. The lowest BCUT2D eigenvalue weighted by Gasteiger charge is -2.06. The summed E-state index contributed by atoms with van der Waals surface area (Å²) in [6, 6.07) is 3.59. The van der Waals surface area contributed by atoms with Crippen LogP contribution in [0.15, 0.2) is 30.7 Å². The molecule has 0 radical (unpaired) electrons. The summed E-state index contributed by atoms with van der Waals surface area (Å²) < 4.78 is 0. The summed E-state index contributed by atoms with van der Waals surface area (Å²) in [6.07, 6.45) is 6.77. The summed E-state index contributed by atoms with van der Waals surface area (Å²) in [4.78, 5) is 23.2. The molecule has 106 valence electrons. The summed E-state index contributed by atoms with van der Waals surface area (Å²) >= 11 is 0. The molecular formula is C14H19N5O. The lowest BCUT2D eigenvalue weighted by molar-refractivity contribution is 0.0953. The van der Waals surface area contributed by atoms with E-state index in [1.807, 2.05) is 6.07 Å². The minimum atomic E-state index is -0.119. The number of anilines is 1. The summed E-state index contributed by atoms with van der Waals surface area (Å²) in [6.45, 7) is 3.51. The summed E-state index contributed by atoms with van der Waals surface area (Å²) in [5.41, 5.74) is 0.562. The van der Waals surface area contributed by atoms with Crippen molar-refractivity contribution in [3.63, 3.8) is 0 Å². The number of hydrogen-bond acceptors (Lipinski definition) is 4. The molecule has 6 heteroatoms. The summed E-state index contributed by atoms with van der Waals surface area (Å²) in [7, 11) is 0. The van der Waals surface area contributed by atoms with Crippen molar-refractivity contribution in [2.75, 3.05) is 18.4 Å². The molecule has 2 aromatic rings. The highest BCUT2D eigenvalue weighted by Crippen LogP contribution is 2.05. The zero-order valence-electron chi connectivity index (χ0n) is 11.5. The van der Waals surface area contributed by atoms with Gasteiger partial charge in [-0.05, 0) is 18.6 Å². The van der Waals surface area contributed by atoms with Gasteiger partial charge in [-0.3, -0.25) is 4.79 Å². The van der Waals surface area contributed by atoms with E-state index in [1.165, 1.54) is 0 Å². The first-order chi connectivity index (χ1) is 9.79. The molecule has 0 atom stereocenters. The fraction of sp³-hybridized carbons (Fsp3) is 0.357. The van der Waals surface area contributed by atoms with Crippen LogP contribution in [0.4, 0.5) is 5.82 Å². The quantitative estimate of drug-likeness (QED) is 0.715. The second-order valence-electron chi connectivity index (χ2n) is 4.40. The fourth-order valence-electron chi connectivity index (χ4n) is 1.72. The molecule has 2 rings (SSSR count). The van der Waals surface area contributed by atoms with Crippen LogP contribution in [0.3, 0.4) is 0 Å². The Morgan fingerprint density at radius 3 is 2.85 bits per heavy atom. The van der Waals surface area contributed by atoms with Crippen molar-refractivity contribution in [1.82, 2.24) is 20.3 Å². The maximum atomic E-state index is 11.9. The fourth-order valence-corrected chi connectivity index (χ4v) is 1.72. The SMILES string of the molecule is CCCNc1ccc(C(=O)NCCc2ncc[nH]2)cn1. The predicted octanol–water partition coefficient (Wildman–Crippen LogP) is 1.60. The molecule has 2 heterocycles. The summed E-state index contributed by atoms with van der Waals surface area (Å²) in [5, 5.41) is 6.01. The van der Waals surface area contributed by atoms with Gasteiger partial charge in [-0.15, -0.1) is 0 Å². The Kier molecular flexibility index (Phi) is 5.11. The van der Waals surface area contributed by atoms with Gasteiger partial charge >= 0.3 is 0 Å². The van der Waals surface area contributed by atoms with E-state index in [0.717, 1.165) is 24.6 Å². The lowest BCUT2D eigenvalue weighted by Crippen LogP contribution is -2.26.